The van der Waals surface area contributed by atoms with Crippen LogP contribution in [0.1, 0.15) is 11.1 Å². The second-order valence-electron chi connectivity index (χ2n) is 3.68. The van der Waals surface area contributed by atoms with Gasteiger partial charge in [0, 0.05) is 11.5 Å². The molecule has 2 rings (SSSR count). The lowest BCUT2D eigenvalue weighted by Gasteiger charge is -2.05. The van der Waals surface area contributed by atoms with Crippen LogP contribution in [0.15, 0.2) is 60.7 Å². The van der Waals surface area contributed by atoms with E-state index in [1.54, 1.807) is 0 Å². The van der Waals surface area contributed by atoms with Crippen molar-refractivity contribution >= 4 is 30.5 Å². The molecule has 1 atom stereocenters. The summed E-state index contributed by atoms with van der Waals surface area (Å²) in [6, 6.07) is 21.0. The van der Waals surface area contributed by atoms with E-state index in [0.717, 1.165) is 11.5 Å². The Bertz CT molecular complexity index is 465. The van der Waals surface area contributed by atoms with Gasteiger partial charge in [0.2, 0.25) is 0 Å². The molecule has 3 heteroatoms. The highest BCUT2D eigenvalue weighted by molar-refractivity contribution is 8.82. The molecule has 0 saturated heterocycles. The fourth-order valence-corrected chi connectivity index (χ4v) is 4.77. The summed E-state index contributed by atoms with van der Waals surface area (Å²) in [6.07, 6.45) is 0. The molecular weight excluding hydrogens is 264 g/mol. The molecule has 0 nitrogen and oxygen atoms in total. The van der Waals surface area contributed by atoms with Gasteiger partial charge in [0.1, 0.15) is 0 Å². The Labute approximate surface area is 113 Å². The molecule has 88 valence electrons. The number of hydrogen-bond donors (Lipinski definition) is 0. The molecular formula is C14H14S3. The predicted molar refractivity (Wildman–Crippen MR) is 82.6 cm³/mol. The van der Waals surface area contributed by atoms with Gasteiger partial charge in [-0.2, -0.15) is 0 Å². The zero-order chi connectivity index (χ0) is 11.9. The molecule has 17 heavy (non-hydrogen) atoms. The summed E-state index contributed by atoms with van der Waals surface area (Å²) in [6.45, 7) is 0. The quantitative estimate of drug-likeness (QED) is 0.755. The molecule has 0 N–H and O–H groups in total. The van der Waals surface area contributed by atoms with Crippen molar-refractivity contribution in [2.45, 2.75) is 11.5 Å². The van der Waals surface area contributed by atoms with Gasteiger partial charge >= 0.3 is 0 Å². The Morgan fingerprint density at radius 2 is 1.35 bits per heavy atom. The normalized spacial score (nSPS) is 12.2. The first kappa shape index (κ1) is 12.8. The highest BCUT2D eigenvalue weighted by atomic mass is 33.3. The molecule has 1 unspecified atom stereocenters. The Kier molecular flexibility index (Phi) is 5.23. The molecule has 0 aliphatic heterocycles. The molecule has 2 aromatic carbocycles. The van der Waals surface area contributed by atoms with Gasteiger partial charge < -0.3 is 0 Å². The fourth-order valence-electron chi connectivity index (χ4n) is 1.46. The minimum absolute atomic E-state index is 0.0215. The van der Waals surface area contributed by atoms with Crippen LogP contribution < -0.4 is 0 Å². The smallest absolute Gasteiger partial charge is 0.0328 e. The van der Waals surface area contributed by atoms with Crippen LogP contribution in [0.2, 0.25) is 0 Å². The Hall–Kier alpha value is -0.640. The van der Waals surface area contributed by atoms with Gasteiger partial charge in [0.15, 0.2) is 0 Å². The second kappa shape index (κ2) is 6.94. The molecule has 0 radical (unpaired) electrons. The molecule has 0 bridgehead atoms. The Balaban J connectivity index is 1.83. The third-order valence-electron chi connectivity index (χ3n) is 2.33. The minimum Gasteiger partial charge on any atom is -0.0847 e. The van der Waals surface area contributed by atoms with Crippen LogP contribution in [-0.4, -0.2) is 0 Å². The van der Waals surface area contributed by atoms with E-state index in [4.69, 9.17) is 11.2 Å². The predicted octanol–water partition coefficient (Wildman–Crippen LogP) is 4.12. The van der Waals surface area contributed by atoms with Crippen molar-refractivity contribution in [1.82, 2.24) is 0 Å². The van der Waals surface area contributed by atoms with Crippen LogP contribution in [0, 0.1) is 0 Å². The molecule has 0 heterocycles. The maximum absolute atomic E-state index is 5.51. The van der Waals surface area contributed by atoms with Crippen LogP contribution in [-0.2, 0) is 31.2 Å². The largest absolute Gasteiger partial charge is 0.0847 e. The van der Waals surface area contributed by atoms with E-state index in [1.807, 2.05) is 22.9 Å². The first-order chi connectivity index (χ1) is 8.34. The van der Waals surface area contributed by atoms with E-state index < -0.39 is 0 Å². The van der Waals surface area contributed by atoms with Gasteiger partial charge in [-0.25, -0.2) is 0 Å². The number of rotatable bonds is 5. The molecule has 0 amide bonds. The third-order valence-corrected chi connectivity index (χ3v) is 6.33. The first-order valence-corrected chi connectivity index (χ1v) is 9.26. The third kappa shape index (κ3) is 4.62. The van der Waals surface area contributed by atoms with E-state index in [-0.39, 0.29) is 8.49 Å². The maximum atomic E-state index is 5.51. The van der Waals surface area contributed by atoms with Gasteiger partial charge in [-0.3, -0.25) is 0 Å². The molecule has 0 spiro atoms. The first-order valence-electron chi connectivity index (χ1n) is 5.44. The molecule has 0 aromatic heterocycles. The summed E-state index contributed by atoms with van der Waals surface area (Å²) in [4.78, 5) is 0. The average molecular weight is 278 g/mol. The van der Waals surface area contributed by atoms with E-state index in [2.05, 4.69) is 48.5 Å². The molecule has 0 saturated carbocycles. The zero-order valence-corrected chi connectivity index (χ0v) is 11.9. The number of hydrogen-bond acceptors (Lipinski definition) is 2. The van der Waals surface area contributed by atoms with Crippen LogP contribution in [0.25, 0.3) is 0 Å². The minimum atomic E-state index is -0.0215. The van der Waals surface area contributed by atoms with Crippen LogP contribution in [0.4, 0.5) is 0 Å². The summed E-state index contributed by atoms with van der Waals surface area (Å²) < 4.78 is 0. The van der Waals surface area contributed by atoms with E-state index in [9.17, 15) is 0 Å². The highest BCUT2D eigenvalue weighted by Crippen LogP contribution is 2.19. The van der Waals surface area contributed by atoms with Crippen LogP contribution in [0.5, 0.6) is 0 Å². The van der Waals surface area contributed by atoms with Crippen LogP contribution >= 0.6 is 10.8 Å². The van der Waals surface area contributed by atoms with Gasteiger partial charge in [0.25, 0.3) is 0 Å². The van der Waals surface area contributed by atoms with E-state index in [0.29, 0.717) is 0 Å². The van der Waals surface area contributed by atoms with Gasteiger partial charge in [-0.1, -0.05) is 79.9 Å². The van der Waals surface area contributed by atoms with E-state index >= 15 is 0 Å². The SMILES string of the molecule is S=S(Cc1ccccc1)SCc1ccccc1. The lowest BCUT2D eigenvalue weighted by Crippen LogP contribution is -1.90. The summed E-state index contributed by atoms with van der Waals surface area (Å²) in [5.41, 5.74) is 2.69. The molecule has 0 aliphatic rings. The van der Waals surface area contributed by atoms with Crippen molar-refractivity contribution in [3.63, 3.8) is 0 Å². The monoisotopic (exact) mass is 278 g/mol. The van der Waals surface area contributed by atoms with Gasteiger partial charge in [-0.05, 0) is 22.3 Å². The molecule has 0 fully saturated rings. The lowest BCUT2D eigenvalue weighted by atomic mass is 10.2. The Morgan fingerprint density at radius 3 is 1.94 bits per heavy atom. The highest BCUT2D eigenvalue weighted by Gasteiger charge is 1.99. The van der Waals surface area contributed by atoms with Gasteiger partial charge in [-0.15, -0.1) is 0 Å². The van der Waals surface area contributed by atoms with Crippen LogP contribution in [0.3, 0.4) is 0 Å². The maximum Gasteiger partial charge on any atom is 0.0328 e. The summed E-state index contributed by atoms with van der Waals surface area (Å²) in [7, 11) is 1.85. The lowest BCUT2D eigenvalue weighted by molar-refractivity contribution is 1.41. The van der Waals surface area contributed by atoms with Gasteiger partial charge in [0.05, 0.1) is 0 Å². The average Bonchev–Trinajstić information content (AvgIpc) is 2.39. The standard InChI is InChI=1S/C14H14S3/c15-17(12-14-9-5-2-6-10-14)16-11-13-7-3-1-4-8-13/h1-10H,11-12H2. The molecule has 2 aromatic rings. The van der Waals surface area contributed by atoms with Crippen molar-refractivity contribution in [2.75, 3.05) is 0 Å². The van der Waals surface area contributed by atoms with Crippen molar-refractivity contribution in [3.8, 4) is 0 Å². The number of benzene rings is 2. The second-order valence-corrected chi connectivity index (χ2v) is 8.86. The summed E-state index contributed by atoms with van der Waals surface area (Å²) in [5, 5.41) is 0. The topological polar surface area (TPSA) is 0 Å². The van der Waals surface area contributed by atoms with Crippen molar-refractivity contribution in [1.29, 1.82) is 0 Å². The summed E-state index contributed by atoms with van der Waals surface area (Å²) >= 11 is 5.51. The van der Waals surface area contributed by atoms with Crippen molar-refractivity contribution < 1.29 is 0 Å². The Morgan fingerprint density at radius 1 is 0.824 bits per heavy atom. The van der Waals surface area contributed by atoms with Crippen molar-refractivity contribution in [2.24, 2.45) is 0 Å². The fraction of sp³-hybridized carbons (Fsp3) is 0.143. The molecule has 0 aliphatic carbocycles. The van der Waals surface area contributed by atoms with E-state index in [1.165, 1.54) is 11.1 Å². The zero-order valence-electron chi connectivity index (χ0n) is 9.41. The van der Waals surface area contributed by atoms with Crippen molar-refractivity contribution in [3.05, 3.63) is 71.8 Å². The summed E-state index contributed by atoms with van der Waals surface area (Å²) in [5.74, 6) is 2.01.